The van der Waals surface area contributed by atoms with Crippen molar-refractivity contribution >= 4 is 33.5 Å². The first kappa shape index (κ1) is 11.5. The molecule has 0 aliphatic heterocycles. The molecule has 76 valence electrons. The van der Waals surface area contributed by atoms with Crippen molar-refractivity contribution in [1.82, 2.24) is 0 Å². The van der Waals surface area contributed by atoms with Crippen LogP contribution in [0.2, 0.25) is 5.02 Å². The van der Waals surface area contributed by atoms with E-state index in [1.54, 1.807) is 6.07 Å². The van der Waals surface area contributed by atoms with Crippen LogP contribution in [-0.4, -0.2) is 13.1 Å². The topological polar surface area (TPSA) is 26.3 Å². The number of halogens is 2. The fourth-order valence-corrected chi connectivity index (χ4v) is 1.94. The number of carbonyl (C=O) groups is 1. The van der Waals surface area contributed by atoms with E-state index in [1.165, 1.54) is 7.11 Å². The predicted octanol–water partition coefficient (Wildman–Crippen LogP) is 3.21. The molecule has 0 atom stereocenters. The Morgan fingerprint density at radius 3 is 2.86 bits per heavy atom. The molecule has 1 aromatic rings. The van der Waals surface area contributed by atoms with Crippen molar-refractivity contribution in [3.8, 4) is 0 Å². The number of benzene rings is 1. The summed E-state index contributed by atoms with van der Waals surface area (Å²) in [4.78, 5) is 10.9. The lowest BCUT2D eigenvalue weighted by atomic mass is 10.1. The van der Waals surface area contributed by atoms with Crippen LogP contribution in [0.25, 0.3) is 0 Å². The molecule has 0 saturated carbocycles. The minimum Gasteiger partial charge on any atom is -0.469 e. The normalized spacial score (nSPS) is 9.93. The van der Waals surface area contributed by atoms with E-state index in [0.717, 1.165) is 10.0 Å². The fraction of sp³-hybridized carbons (Fsp3) is 0.300. The number of hydrogen-bond acceptors (Lipinski definition) is 2. The van der Waals surface area contributed by atoms with Crippen LogP contribution in [0.4, 0.5) is 0 Å². The van der Waals surface area contributed by atoms with Crippen LogP contribution in [0.15, 0.2) is 22.7 Å². The zero-order valence-electron chi connectivity index (χ0n) is 7.72. The highest BCUT2D eigenvalue weighted by Gasteiger charge is 2.04. The summed E-state index contributed by atoms with van der Waals surface area (Å²) in [5, 5.41) is 0.679. The van der Waals surface area contributed by atoms with E-state index in [-0.39, 0.29) is 5.97 Å². The summed E-state index contributed by atoms with van der Waals surface area (Å²) >= 11 is 9.17. The molecule has 0 unspecified atom stereocenters. The largest absolute Gasteiger partial charge is 0.469 e. The molecule has 0 saturated heterocycles. The van der Waals surface area contributed by atoms with Gasteiger partial charge in [-0.3, -0.25) is 4.79 Å². The van der Waals surface area contributed by atoms with E-state index in [1.807, 2.05) is 12.1 Å². The van der Waals surface area contributed by atoms with Crippen molar-refractivity contribution in [3.63, 3.8) is 0 Å². The summed E-state index contributed by atoms with van der Waals surface area (Å²) in [5.74, 6) is -0.202. The zero-order chi connectivity index (χ0) is 10.6. The van der Waals surface area contributed by atoms with Crippen LogP contribution < -0.4 is 0 Å². The summed E-state index contributed by atoms with van der Waals surface area (Å²) in [6, 6.07) is 5.52. The van der Waals surface area contributed by atoms with Gasteiger partial charge in [-0.05, 0) is 24.1 Å². The third kappa shape index (κ3) is 3.31. The highest BCUT2D eigenvalue weighted by molar-refractivity contribution is 9.10. The second-order valence-electron chi connectivity index (χ2n) is 2.81. The smallest absolute Gasteiger partial charge is 0.305 e. The highest BCUT2D eigenvalue weighted by atomic mass is 79.9. The van der Waals surface area contributed by atoms with Crippen molar-refractivity contribution in [1.29, 1.82) is 0 Å². The third-order valence-electron chi connectivity index (χ3n) is 1.84. The Morgan fingerprint density at radius 1 is 1.57 bits per heavy atom. The van der Waals surface area contributed by atoms with E-state index in [0.29, 0.717) is 17.9 Å². The van der Waals surface area contributed by atoms with Gasteiger partial charge in [0.05, 0.1) is 7.11 Å². The number of methoxy groups -OCH3 is 1. The maximum absolute atomic E-state index is 10.9. The molecular formula is C10H10BrClO2. The van der Waals surface area contributed by atoms with Crippen molar-refractivity contribution in [2.45, 2.75) is 12.8 Å². The van der Waals surface area contributed by atoms with Crippen molar-refractivity contribution in [3.05, 3.63) is 33.3 Å². The van der Waals surface area contributed by atoms with E-state index < -0.39 is 0 Å². The van der Waals surface area contributed by atoms with Crippen LogP contribution in [-0.2, 0) is 16.0 Å². The lowest BCUT2D eigenvalue weighted by Crippen LogP contribution is -2.02. The summed E-state index contributed by atoms with van der Waals surface area (Å²) in [5.41, 5.74) is 1.06. The molecule has 0 aliphatic rings. The van der Waals surface area contributed by atoms with Gasteiger partial charge in [0.1, 0.15) is 0 Å². The van der Waals surface area contributed by atoms with E-state index in [9.17, 15) is 4.79 Å². The molecule has 1 rings (SSSR count). The van der Waals surface area contributed by atoms with Gasteiger partial charge >= 0.3 is 5.97 Å². The Morgan fingerprint density at radius 2 is 2.29 bits per heavy atom. The molecule has 0 spiro atoms. The molecule has 0 amide bonds. The number of rotatable bonds is 3. The Labute approximate surface area is 96.3 Å². The van der Waals surface area contributed by atoms with Gasteiger partial charge in [-0.1, -0.05) is 33.6 Å². The molecule has 4 heteroatoms. The van der Waals surface area contributed by atoms with E-state index in [4.69, 9.17) is 11.6 Å². The van der Waals surface area contributed by atoms with Gasteiger partial charge < -0.3 is 4.74 Å². The first-order valence-corrected chi connectivity index (χ1v) is 5.31. The minimum absolute atomic E-state index is 0.202. The molecule has 0 aromatic heterocycles. The van der Waals surface area contributed by atoms with Crippen LogP contribution in [0, 0.1) is 0 Å². The first-order chi connectivity index (χ1) is 6.63. The quantitative estimate of drug-likeness (QED) is 0.793. The number of carbonyl (C=O) groups excluding carboxylic acids is 1. The lowest BCUT2D eigenvalue weighted by Gasteiger charge is -2.03. The maximum atomic E-state index is 10.9. The first-order valence-electron chi connectivity index (χ1n) is 4.14. The maximum Gasteiger partial charge on any atom is 0.305 e. The van der Waals surface area contributed by atoms with Gasteiger partial charge in [0, 0.05) is 15.9 Å². The summed E-state index contributed by atoms with van der Waals surface area (Å²) in [7, 11) is 1.39. The molecule has 0 bridgehead atoms. The van der Waals surface area contributed by atoms with Gasteiger partial charge in [-0.15, -0.1) is 0 Å². The number of ether oxygens (including phenoxy) is 1. The molecule has 0 N–H and O–H groups in total. The van der Waals surface area contributed by atoms with Gasteiger partial charge in [0.25, 0.3) is 0 Å². The van der Waals surface area contributed by atoms with E-state index in [2.05, 4.69) is 20.7 Å². The Bertz CT molecular complexity index is 339. The summed E-state index contributed by atoms with van der Waals surface area (Å²) in [6.45, 7) is 0. The average molecular weight is 278 g/mol. The molecule has 0 aliphatic carbocycles. The van der Waals surface area contributed by atoms with Gasteiger partial charge in [-0.25, -0.2) is 0 Å². The van der Waals surface area contributed by atoms with Gasteiger partial charge in [0.2, 0.25) is 0 Å². The molecule has 0 radical (unpaired) electrons. The molecular weight excluding hydrogens is 267 g/mol. The number of esters is 1. The van der Waals surface area contributed by atoms with Crippen molar-refractivity contribution in [2.24, 2.45) is 0 Å². The second-order valence-corrected chi connectivity index (χ2v) is 4.10. The summed E-state index contributed by atoms with van der Waals surface area (Å²) < 4.78 is 5.48. The van der Waals surface area contributed by atoms with Crippen molar-refractivity contribution < 1.29 is 9.53 Å². The number of hydrogen-bond donors (Lipinski definition) is 0. The van der Waals surface area contributed by atoms with Crippen molar-refractivity contribution in [2.75, 3.05) is 7.11 Å². The van der Waals surface area contributed by atoms with Gasteiger partial charge in [-0.2, -0.15) is 0 Å². The predicted molar refractivity (Wildman–Crippen MR) is 59.5 cm³/mol. The SMILES string of the molecule is COC(=O)CCc1ccc(Cl)cc1Br. The Kier molecular flexibility index (Phi) is 4.42. The van der Waals surface area contributed by atoms with Crippen LogP contribution >= 0.6 is 27.5 Å². The zero-order valence-corrected chi connectivity index (χ0v) is 10.1. The number of aryl methyl sites for hydroxylation is 1. The van der Waals surface area contributed by atoms with Crippen LogP contribution in [0.5, 0.6) is 0 Å². The standard InChI is InChI=1S/C10H10BrClO2/c1-14-10(13)5-3-7-2-4-8(12)6-9(7)11/h2,4,6H,3,5H2,1H3. The molecule has 1 aromatic carbocycles. The Balaban J connectivity index is 2.63. The third-order valence-corrected chi connectivity index (χ3v) is 2.81. The lowest BCUT2D eigenvalue weighted by molar-refractivity contribution is -0.140. The molecule has 14 heavy (non-hydrogen) atoms. The average Bonchev–Trinajstić information content (AvgIpc) is 2.16. The highest BCUT2D eigenvalue weighted by Crippen LogP contribution is 2.22. The molecule has 2 nitrogen and oxygen atoms in total. The molecule has 0 heterocycles. The monoisotopic (exact) mass is 276 g/mol. The fourth-order valence-electron chi connectivity index (χ4n) is 1.06. The van der Waals surface area contributed by atoms with Crippen LogP contribution in [0.1, 0.15) is 12.0 Å². The minimum atomic E-state index is -0.202. The van der Waals surface area contributed by atoms with E-state index >= 15 is 0 Å². The van der Waals surface area contributed by atoms with Gasteiger partial charge in [0.15, 0.2) is 0 Å². The summed E-state index contributed by atoms with van der Waals surface area (Å²) in [6.07, 6.45) is 1.04. The van der Waals surface area contributed by atoms with Crippen LogP contribution in [0.3, 0.4) is 0 Å². The Hall–Kier alpha value is -0.540. The molecule has 0 fully saturated rings. The second kappa shape index (κ2) is 5.37.